The van der Waals surface area contributed by atoms with Crippen LogP contribution in [0, 0.1) is 0 Å². The molecule has 2 aromatic carbocycles. The van der Waals surface area contributed by atoms with Gasteiger partial charge >= 0.3 is 0 Å². The van der Waals surface area contributed by atoms with Crippen molar-refractivity contribution in [2.24, 2.45) is 0 Å². The molecule has 1 saturated heterocycles. The Bertz CT molecular complexity index is 1060. The third-order valence-electron chi connectivity index (χ3n) is 6.47. The van der Waals surface area contributed by atoms with Gasteiger partial charge in [0.25, 0.3) is 0 Å². The largest absolute Gasteiger partial charge is 0.491 e. The Morgan fingerprint density at radius 3 is 2.69 bits per heavy atom. The SMILES string of the molecule is CC(=O)c1ccc(N2CN3CC=C4C(c5ccc(OCCO)cc5OC4(C)C)N3C2)cc1. The third kappa shape index (κ3) is 3.56. The summed E-state index contributed by atoms with van der Waals surface area (Å²) >= 11 is 0. The van der Waals surface area contributed by atoms with E-state index in [1.807, 2.05) is 36.4 Å². The number of ketones is 1. The minimum absolute atomic E-state index is 0.0229. The van der Waals surface area contributed by atoms with E-state index in [9.17, 15) is 4.79 Å². The third-order valence-corrected chi connectivity index (χ3v) is 6.47. The van der Waals surface area contributed by atoms with E-state index in [4.69, 9.17) is 14.6 Å². The van der Waals surface area contributed by atoms with Crippen molar-refractivity contribution in [3.63, 3.8) is 0 Å². The Morgan fingerprint density at radius 2 is 1.97 bits per heavy atom. The standard InChI is InChI=1S/C25H29N3O4/c1-17(30)18-4-6-19(7-5-18)26-15-27-11-10-22-24(28(27)16-26)21-9-8-20(31-13-12-29)14-23(21)32-25(22,2)3/h4-10,14,24,29H,11-13,15-16H2,1-3H3. The molecule has 1 fully saturated rings. The normalized spacial score (nSPS) is 21.8. The van der Waals surface area contributed by atoms with E-state index < -0.39 is 5.60 Å². The van der Waals surface area contributed by atoms with Crippen LogP contribution in [0.4, 0.5) is 5.69 Å². The zero-order chi connectivity index (χ0) is 22.5. The molecule has 3 heterocycles. The number of anilines is 1. The van der Waals surface area contributed by atoms with Crippen molar-refractivity contribution in [1.29, 1.82) is 0 Å². The summed E-state index contributed by atoms with van der Waals surface area (Å²) in [5.41, 5.74) is 3.78. The van der Waals surface area contributed by atoms with Crippen LogP contribution < -0.4 is 14.4 Å². The van der Waals surface area contributed by atoms with Crippen LogP contribution in [0.1, 0.15) is 42.7 Å². The number of nitrogens with zero attached hydrogens (tertiary/aromatic N) is 3. The van der Waals surface area contributed by atoms with Crippen LogP contribution >= 0.6 is 0 Å². The minimum Gasteiger partial charge on any atom is -0.491 e. The fourth-order valence-corrected chi connectivity index (χ4v) is 4.86. The quantitative estimate of drug-likeness (QED) is 0.571. The Balaban J connectivity index is 1.46. The first-order chi connectivity index (χ1) is 15.4. The van der Waals surface area contributed by atoms with E-state index in [0.717, 1.165) is 42.4 Å². The van der Waals surface area contributed by atoms with Crippen LogP contribution in [0.2, 0.25) is 0 Å². The molecule has 0 radical (unpaired) electrons. The van der Waals surface area contributed by atoms with Crippen molar-refractivity contribution in [3.8, 4) is 11.5 Å². The molecule has 0 bridgehead atoms. The molecule has 2 aromatic rings. The molecule has 1 unspecified atom stereocenters. The Kier molecular flexibility index (Phi) is 5.20. The number of Topliss-reactive ketones (excluding diaryl/α,β-unsaturated/α-hetero) is 1. The lowest BCUT2D eigenvalue weighted by Crippen LogP contribution is -2.51. The Labute approximate surface area is 188 Å². The van der Waals surface area contributed by atoms with E-state index in [1.165, 1.54) is 5.57 Å². The first-order valence-electron chi connectivity index (χ1n) is 11.0. The fourth-order valence-electron chi connectivity index (χ4n) is 4.86. The van der Waals surface area contributed by atoms with Gasteiger partial charge in [0.15, 0.2) is 5.78 Å². The highest BCUT2D eigenvalue weighted by atomic mass is 16.5. The van der Waals surface area contributed by atoms with Gasteiger partial charge in [0.1, 0.15) is 23.7 Å². The van der Waals surface area contributed by atoms with E-state index in [-0.39, 0.29) is 25.0 Å². The molecule has 0 aromatic heterocycles. The van der Waals surface area contributed by atoms with Gasteiger partial charge in [-0.05, 0) is 62.7 Å². The number of hydrazine groups is 1. The predicted molar refractivity (Wildman–Crippen MR) is 122 cm³/mol. The van der Waals surface area contributed by atoms with Gasteiger partial charge in [-0.3, -0.25) is 4.79 Å². The number of aliphatic hydroxyl groups excluding tert-OH is 1. The average Bonchev–Trinajstić information content (AvgIpc) is 3.21. The van der Waals surface area contributed by atoms with Gasteiger partial charge in [0.05, 0.1) is 26.0 Å². The first-order valence-corrected chi connectivity index (χ1v) is 11.0. The van der Waals surface area contributed by atoms with Crippen molar-refractivity contribution in [2.45, 2.75) is 32.4 Å². The molecule has 1 N–H and O–H groups in total. The monoisotopic (exact) mass is 435 g/mol. The maximum atomic E-state index is 11.6. The van der Waals surface area contributed by atoms with Crippen molar-refractivity contribution >= 4 is 11.5 Å². The molecular weight excluding hydrogens is 406 g/mol. The summed E-state index contributed by atoms with van der Waals surface area (Å²) in [4.78, 5) is 14.0. The number of rotatable bonds is 5. The van der Waals surface area contributed by atoms with Crippen molar-refractivity contribution < 1.29 is 19.4 Å². The zero-order valence-corrected chi connectivity index (χ0v) is 18.7. The van der Waals surface area contributed by atoms with Crippen LogP contribution in [-0.4, -0.2) is 59.6 Å². The van der Waals surface area contributed by atoms with Gasteiger partial charge < -0.3 is 19.5 Å². The Hall–Kier alpha value is -2.87. The summed E-state index contributed by atoms with van der Waals surface area (Å²) in [7, 11) is 0. The number of hydrogen-bond donors (Lipinski definition) is 1. The summed E-state index contributed by atoms with van der Waals surface area (Å²) < 4.78 is 12.0. The van der Waals surface area contributed by atoms with Gasteiger partial charge in [-0.25, -0.2) is 10.0 Å². The number of aliphatic hydroxyl groups is 1. The van der Waals surface area contributed by atoms with Gasteiger partial charge in [-0.1, -0.05) is 6.08 Å². The highest BCUT2D eigenvalue weighted by Gasteiger charge is 2.47. The second-order valence-corrected chi connectivity index (χ2v) is 9.00. The molecule has 0 amide bonds. The minimum atomic E-state index is -0.435. The van der Waals surface area contributed by atoms with Crippen LogP contribution in [0.25, 0.3) is 0 Å². The summed E-state index contributed by atoms with van der Waals surface area (Å²) in [6.45, 7) is 8.41. The number of carbonyl (C=O) groups is 1. The number of fused-ring (bicyclic) bond motifs is 5. The molecule has 7 nitrogen and oxygen atoms in total. The van der Waals surface area contributed by atoms with E-state index >= 15 is 0 Å². The second-order valence-electron chi connectivity index (χ2n) is 9.00. The number of benzene rings is 2. The molecule has 5 rings (SSSR count). The predicted octanol–water partition coefficient (Wildman–Crippen LogP) is 3.37. The summed E-state index contributed by atoms with van der Waals surface area (Å²) in [6.07, 6.45) is 2.29. The highest BCUT2D eigenvalue weighted by Crippen LogP contribution is 2.50. The van der Waals surface area contributed by atoms with E-state index in [1.54, 1.807) is 6.92 Å². The summed E-state index contributed by atoms with van der Waals surface area (Å²) in [5, 5.41) is 13.8. The molecule has 0 aliphatic carbocycles. The lowest BCUT2D eigenvalue weighted by Gasteiger charge is -2.48. The van der Waals surface area contributed by atoms with Gasteiger partial charge in [-0.15, -0.1) is 0 Å². The maximum absolute atomic E-state index is 11.6. The van der Waals surface area contributed by atoms with Crippen molar-refractivity contribution in [2.75, 3.05) is 38.0 Å². The van der Waals surface area contributed by atoms with Crippen LogP contribution in [0.3, 0.4) is 0 Å². The highest BCUT2D eigenvalue weighted by molar-refractivity contribution is 5.94. The van der Waals surface area contributed by atoms with Gasteiger partial charge in [0.2, 0.25) is 0 Å². The molecular formula is C25H29N3O4. The van der Waals surface area contributed by atoms with Crippen LogP contribution in [-0.2, 0) is 0 Å². The summed E-state index contributed by atoms with van der Waals surface area (Å²) in [5.74, 6) is 1.59. The molecule has 3 aliphatic rings. The van der Waals surface area contributed by atoms with E-state index in [2.05, 4.69) is 40.9 Å². The van der Waals surface area contributed by atoms with Gasteiger partial charge in [0, 0.05) is 29.4 Å². The topological polar surface area (TPSA) is 65.5 Å². The molecule has 0 spiro atoms. The van der Waals surface area contributed by atoms with Crippen molar-refractivity contribution in [1.82, 2.24) is 10.0 Å². The average molecular weight is 436 g/mol. The molecule has 3 aliphatic heterocycles. The maximum Gasteiger partial charge on any atom is 0.159 e. The number of ether oxygens (including phenoxy) is 2. The van der Waals surface area contributed by atoms with E-state index in [0.29, 0.717) is 5.75 Å². The van der Waals surface area contributed by atoms with Gasteiger partial charge in [-0.2, -0.15) is 0 Å². The smallest absolute Gasteiger partial charge is 0.159 e. The van der Waals surface area contributed by atoms with Crippen LogP contribution in [0.5, 0.6) is 11.5 Å². The lowest BCUT2D eigenvalue weighted by molar-refractivity contribution is -0.0297. The molecule has 168 valence electrons. The number of hydrogen-bond acceptors (Lipinski definition) is 7. The first kappa shape index (κ1) is 21.0. The molecule has 1 atom stereocenters. The number of carbonyl (C=O) groups excluding carboxylic acids is 1. The lowest BCUT2D eigenvalue weighted by atomic mass is 9.82. The van der Waals surface area contributed by atoms with Crippen LogP contribution in [0.15, 0.2) is 54.1 Å². The summed E-state index contributed by atoms with van der Waals surface area (Å²) in [6, 6.07) is 13.9. The fraction of sp³-hybridized carbons (Fsp3) is 0.400. The molecule has 7 heteroatoms. The zero-order valence-electron chi connectivity index (χ0n) is 18.7. The Morgan fingerprint density at radius 1 is 1.19 bits per heavy atom. The van der Waals surface area contributed by atoms with Crippen molar-refractivity contribution in [3.05, 3.63) is 65.2 Å². The molecule has 0 saturated carbocycles. The molecule has 32 heavy (non-hydrogen) atoms. The second kappa shape index (κ2) is 7.92.